The number of anilines is 1. The molecule has 1 fully saturated rings. The molecular formula is C26H34F5N3O4. The molecule has 1 saturated carbocycles. The molecule has 3 amide bonds. The first-order valence-electron chi connectivity index (χ1n) is 12.7. The van der Waals surface area contributed by atoms with E-state index in [2.05, 4.69) is 6.92 Å². The van der Waals surface area contributed by atoms with E-state index < -0.39 is 47.1 Å². The highest BCUT2D eigenvalue weighted by molar-refractivity contribution is 6.05. The van der Waals surface area contributed by atoms with Crippen molar-refractivity contribution in [2.45, 2.75) is 90.6 Å². The van der Waals surface area contributed by atoms with Crippen LogP contribution in [0.25, 0.3) is 0 Å². The third-order valence-corrected chi connectivity index (χ3v) is 7.05. The van der Waals surface area contributed by atoms with E-state index >= 15 is 0 Å². The molecule has 212 valence electrons. The van der Waals surface area contributed by atoms with Crippen molar-refractivity contribution in [1.82, 2.24) is 10.2 Å². The number of fused-ring (bicyclic) bond motifs is 1. The Morgan fingerprint density at radius 1 is 1.16 bits per heavy atom. The Kier molecular flexibility index (Phi) is 8.62. The topological polar surface area (TPSA) is 79.0 Å². The van der Waals surface area contributed by atoms with Gasteiger partial charge in [0, 0.05) is 25.2 Å². The molecule has 3 rings (SSSR count). The number of halogens is 5. The van der Waals surface area contributed by atoms with Gasteiger partial charge in [-0.2, -0.15) is 22.0 Å². The van der Waals surface area contributed by atoms with Gasteiger partial charge in [-0.25, -0.2) is 0 Å². The van der Waals surface area contributed by atoms with Gasteiger partial charge in [-0.1, -0.05) is 6.92 Å². The van der Waals surface area contributed by atoms with Gasteiger partial charge >= 0.3 is 12.6 Å². The highest BCUT2D eigenvalue weighted by Gasteiger charge is 2.45. The highest BCUT2D eigenvalue weighted by atomic mass is 19.4. The van der Waals surface area contributed by atoms with Gasteiger partial charge in [0.25, 0.3) is 17.7 Å². The van der Waals surface area contributed by atoms with Crippen LogP contribution >= 0.6 is 0 Å². The summed E-state index contributed by atoms with van der Waals surface area (Å²) >= 11 is 0. The fourth-order valence-electron chi connectivity index (χ4n) is 5.10. The van der Waals surface area contributed by atoms with Gasteiger partial charge in [0.1, 0.15) is 5.75 Å². The van der Waals surface area contributed by atoms with Crippen molar-refractivity contribution in [3.63, 3.8) is 0 Å². The van der Waals surface area contributed by atoms with Crippen molar-refractivity contribution in [2.24, 2.45) is 5.92 Å². The molecule has 0 radical (unpaired) electrons. The second-order valence-corrected chi connectivity index (χ2v) is 10.7. The molecule has 1 aromatic carbocycles. The Morgan fingerprint density at radius 3 is 2.29 bits per heavy atom. The molecule has 1 aliphatic carbocycles. The standard InChI is InChI=1S/C26H34F5N3O4/c1-14(2)34(16-8-6-15(3)7-9-16)23(36)17-12-19-20(13-18(17)26(29,30)31)38-25(4,5)24(37)33(19)11-10-32-22(35)21(27)28/h12-16,21H,6-11H2,1-5H3,(H,32,35). The first-order chi connectivity index (χ1) is 17.5. The third-order valence-electron chi connectivity index (χ3n) is 7.05. The van der Waals surface area contributed by atoms with Crippen molar-refractivity contribution in [1.29, 1.82) is 0 Å². The zero-order valence-corrected chi connectivity index (χ0v) is 22.1. The van der Waals surface area contributed by atoms with Crippen LogP contribution in [0.15, 0.2) is 12.1 Å². The van der Waals surface area contributed by atoms with Gasteiger partial charge in [-0.05, 0) is 71.4 Å². The monoisotopic (exact) mass is 547 g/mol. The maximum Gasteiger partial charge on any atom is 0.417 e. The Labute approximate surface area is 218 Å². The molecule has 38 heavy (non-hydrogen) atoms. The fourth-order valence-corrected chi connectivity index (χ4v) is 5.10. The van der Waals surface area contributed by atoms with Crippen molar-refractivity contribution in [3.05, 3.63) is 23.3 Å². The average molecular weight is 548 g/mol. The Morgan fingerprint density at radius 2 is 1.76 bits per heavy atom. The van der Waals surface area contributed by atoms with Crippen molar-refractivity contribution in [2.75, 3.05) is 18.0 Å². The summed E-state index contributed by atoms with van der Waals surface area (Å²) in [6, 6.07) is 1.09. The van der Waals surface area contributed by atoms with Crippen LogP contribution in [0.3, 0.4) is 0 Å². The lowest BCUT2D eigenvalue weighted by molar-refractivity contribution is -0.138. The van der Waals surface area contributed by atoms with Crippen LogP contribution in [0.2, 0.25) is 0 Å². The summed E-state index contributed by atoms with van der Waals surface area (Å²) in [6.07, 6.45) is -5.11. The summed E-state index contributed by atoms with van der Waals surface area (Å²) in [5.74, 6) is -2.81. The minimum Gasteiger partial charge on any atom is -0.476 e. The van der Waals surface area contributed by atoms with E-state index in [1.54, 1.807) is 13.8 Å². The number of ether oxygens (including phenoxy) is 1. The van der Waals surface area contributed by atoms with Crippen LogP contribution in [0, 0.1) is 5.92 Å². The number of nitrogens with one attached hydrogen (secondary N) is 1. The van der Waals surface area contributed by atoms with Crippen LogP contribution in [0.4, 0.5) is 27.6 Å². The van der Waals surface area contributed by atoms with E-state index in [0.717, 1.165) is 23.8 Å². The minimum absolute atomic E-state index is 0.0991. The predicted octanol–water partition coefficient (Wildman–Crippen LogP) is 5.02. The molecule has 0 saturated heterocycles. The Hall–Kier alpha value is -2.92. The molecule has 1 aliphatic heterocycles. The number of hydrogen-bond acceptors (Lipinski definition) is 4. The maximum absolute atomic E-state index is 14.2. The zero-order valence-electron chi connectivity index (χ0n) is 22.1. The van der Waals surface area contributed by atoms with Crippen LogP contribution in [-0.4, -0.2) is 59.8 Å². The van der Waals surface area contributed by atoms with Gasteiger partial charge in [0.05, 0.1) is 16.8 Å². The average Bonchev–Trinajstić information content (AvgIpc) is 2.81. The lowest BCUT2D eigenvalue weighted by Crippen LogP contribution is -2.54. The van der Waals surface area contributed by atoms with Crippen LogP contribution < -0.4 is 15.0 Å². The van der Waals surface area contributed by atoms with Crippen LogP contribution in [0.1, 0.15) is 76.2 Å². The lowest BCUT2D eigenvalue weighted by Gasteiger charge is -2.41. The lowest BCUT2D eigenvalue weighted by atomic mass is 9.85. The van der Waals surface area contributed by atoms with Gasteiger partial charge in [-0.15, -0.1) is 0 Å². The van der Waals surface area contributed by atoms with E-state index in [1.165, 1.54) is 18.7 Å². The van der Waals surface area contributed by atoms with Crippen LogP contribution in [0.5, 0.6) is 5.75 Å². The van der Waals surface area contributed by atoms with E-state index in [4.69, 9.17) is 4.74 Å². The number of rotatable bonds is 7. The minimum atomic E-state index is -4.89. The maximum atomic E-state index is 14.2. The summed E-state index contributed by atoms with van der Waals surface area (Å²) in [4.78, 5) is 40.7. The summed E-state index contributed by atoms with van der Waals surface area (Å²) in [7, 11) is 0. The number of hydrogen-bond donors (Lipinski definition) is 1. The van der Waals surface area contributed by atoms with E-state index in [0.29, 0.717) is 24.8 Å². The zero-order chi connectivity index (χ0) is 28.6. The quantitative estimate of drug-likeness (QED) is 0.487. The molecule has 0 bridgehead atoms. The fraction of sp³-hybridized carbons (Fsp3) is 0.654. The molecule has 1 heterocycles. The number of nitrogens with zero attached hydrogens (tertiary/aromatic N) is 2. The van der Waals surface area contributed by atoms with Crippen molar-refractivity contribution < 1.29 is 41.1 Å². The SMILES string of the molecule is CC1CCC(N(C(=O)c2cc3c(cc2C(F)(F)F)OC(C)(C)C(=O)N3CCNC(=O)C(F)F)C(C)C)CC1. The molecule has 0 spiro atoms. The predicted molar refractivity (Wildman–Crippen MR) is 130 cm³/mol. The summed E-state index contributed by atoms with van der Waals surface area (Å²) in [5.41, 5.74) is -3.48. The second kappa shape index (κ2) is 11.1. The molecule has 12 heteroatoms. The number of carbonyl (C=O) groups excluding carboxylic acids is 3. The highest BCUT2D eigenvalue weighted by Crippen LogP contribution is 2.44. The summed E-state index contributed by atoms with van der Waals surface area (Å²) in [6.45, 7) is 7.61. The molecule has 1 aromatic rings. The molecule has 7 nitrogen and oxygen atoms in total. The molecule has 1 N–H and O–H groups in total. The second-order valence-electron chi connectivity index (χ2n) is 10.7. The van der Waals surface area contributed by atoms with E-state index in [1.807, 2.05) is 5.32 Å². The number of amides is 3. The Bertz CT molecular complexity index is 1070. The van der Waals surface area contributed by atoms with Gasteiger partial charge in [0.15, 0.2) is 5.60 Å². The molecule has 2 aliphatic rings. The first-order valence-corrected chi connectivity index (χ1v) is 12.7. The molecule has 0 aromatic heterocycles. The van der Waals surface area contributed by atoms with E-state index in [-0.39, 0.29) is 36.6 Å². The number of carbonyl (C=O) groups is 3. The Balaban J connectivity index is 2.07. The van der Waals surface area contributed by atoms with Crippen molar-refractivity contribution >= 4 is 23.4 Å². The van der Waals surface area contributed by atoms with Gasteiger partial charge in [0.2, 0.25) is 0 Å². The van der Waals surface area contributed by atoms with E-state index in [9.17, 15) is 36.3 Å². The van der Waals surface area contributed by atoms with Gasteiger partial charge < -0.3 is 19.9 Å². The first kappa shape index (κ1) is 29.6. The summed E-state index contributed by atoms with van der Waals surface area (Å²) < 4.78 is 73.5. The number of benzene rings is 1. The molecular weight excluding hydrogens is 513 g/mol. The molecule has 0 atom stereocenters. The van der Waals surface area contributed by atoms with Crippen molar-refractivity contribution in [3.8, 4) is 5.75 Å². The smallest absolute Gasteiger partial charge is 0.417 e. The number of alkyl halides is 5. The normalized spacial score (nSPS) is 21.3. The van der Waals surface area contributed by atoms with Crippen LogP contribution in [-0.2, 0) is 15.8 Å². The molecule has 0 unspecified atom stereocenters. The van der Waals surface area contributed by atoms with Gasteiger partial charge in [-0.3, -0.25) is 14.4 Å². The largest absolute Gasteiger partial charge is 0.476 e. The third kappa shape index (κ3) is 6.20. The summed E-state index contributed by atoms with van der Waals surface area (Å²) in [5, 5.41) is 1.98.